The van der Waals surface area contributed by atoms with Gasteiger partial charge in [0.2, 0.25) is 0 Å². The summed E-state index contributed by atoms with van der Waals surface area (Å²) in [5.41, 5.74) is 1.75. The van der Waals surface area contributed by atoms with Crippen LogP contribution in [0, 0.1) is 40.4 Å². The number of carbonyl (C=O) groups excluding carboxylic acids is 2. The second-order valence-electron chi connectivity index (χ2n) is 10.7. The Bertz CT molecular complexity index is 753. The largest absolute Gasteiger partial charge is 0.458 e. The highest BCUT2D eigenvalue weighted by molar-refractivity contribution is 5.91. The SMILES string of the molecule is C[C@]12CCC(=O)C=C1CC[C@H]1[C@H]3[C@@H]4C[C@@H]4[C@]4(CCC(=O)O4)[C@@]3(C)CC[C@@H]12. The van der Waals surface area contributed by atoms with E-state index in [4.69, 9.17) is 4.74 Å². The summed E-state index contributed by atoms with van der Waals surface area (Å²) < 4.78 is 6.17. The van der Waals surface area contributed by atoms with Gasteiger partial charge in [-0.1, -0.05) is 19.4 Å². The van der Waals surface area contributed by atoms with Gasteiger partial charge in [-0.05, 0) is 80.1 Å². The average Bonchev–Trinajstić information content (AvgIpc) is 3.24. The van der Waals surface area contributed by atoms with Gasteiger partial charge in [0.05, 0.1) is 0 Å². The molecule has 1 spiro atoms. The maximum Gasteiger partial charge on any atom is 0.306 e. The van der Waals surface area contributed by atoms with Gasteiger partial charge < -0.3 is 4.74 Å². The van der Waals surface area contributed by atoms with E-state index >= 15 is 0 Å². The van der Waals surface area contributed by atoms with Gasteiger partial charge in [0.1, 0.15) is 5.60 Å². The molecule has 0 aromatic rings. The van der Waals surface area contributed by atoms with Crippen molar-refractivity contribution in [1.82, 2.24) is 0 Å². The summed E-state index contributed by atoms with van der Waals surface area (Å²) in [5, 5.41) is 0. The van der Waals surface area contributed by atoms with Crippen molar-refractivity contribution in [3.05, 3.63) is 11.6 Å². The molecule has 0 aromatic carbocycles. The molecular weight excluding hydrogens is 324 g/mol. The zero-order valence-corrected chi connectivity index (χ0v) is 16.1. The van der Waals surface area contributed by atoms with Crippen LogP contribution in [0.3, 0.4) is 0 Å². The predicted octanol–water partition coefficient (Wildman–Crippen LogP) is 4.45. The second kappa shape index (κ2) is 4.64. The number of fused-ring (bicyclic) bond motifs is 9. The molecule has 6 rings (SSSR count). The van der Waals surface area contributed by atoms with Gasteiger partial charge in [-0.15, -0.1) is 0 Å². The minimum Gasteiger partial charge on any atom is -0.458 e. The summed E-state index contributed by atoms with van der Waals surface area (Å²) in [6.45, 7) is 4.92. The van der Waals surface area contributed by atoms with E-state index < -0.39 is 0 Å². The van der Waals surface area contributed by atoms with Gasteiger partial charge in [0, 0.05) is 24.2 Å². The summed E-state index contributed by atoms with van der Waals surface area (Å²) in [5.74, 6) is 4.04. The zero-order chi connectivity index (χ0) is 17.9. The molecule has 3 nitrogen and oxygen atoms in total. The summed E-state index contributed by atoms with van der Waals surface area (Å²) in [4.78, 5) is 24.1. The third kappa shape index (κ3) is 1.63. The molecule has 0 N–H and O–H groups in total. The molecule has 0 bridgehead atoms. The molecule has 5 aliphatic carbocycles. The maximum absolute atomic E-state index is 12.1. The van der Waals surface area contributed by atoms with Crippen LogP contribution >= 0.6 is 0 Å². The molecular formula is C23H30O3. The Labute approximate surface area is 155 Å². The fourth-order valence-electron chi connectivity index (χ4n) is 8.92. The van der Waals surface area contributed by atoms with E-state index in [0.717, 1.165) is 49.4 Å². The molecule has 140 valence electrons. The smallest absolute Gasteiger partial charge is 0.306 e. The first-order chi connectivity index (χ1) is 12.4. The summed E-state index contributed by atoms with van der Waals surface area (Å²) >= 11 is 0. The molecule has 1 aliphatic heterocycles. The van der Waals surface area contributed by atoms with Gasteiger partial charge in [0.25, 0.3) is 0 Å². The Morgan fingerprint density at radius 1 is 0.962 bits per heavy atom. The van der Waals surface area contributed by atoms with Crippen molar-refractivity contribution in [3.63, 3.8) is 0 Å². The van der Waals surface area contributed by atoms with Gasteiger partial charge in [-0.2, -0.15) is 0 Å². The van der Waals surface area contributed by atoms with Gasteiger partial charge in [-0.25, -0.2) is 0 Å². The van der Waals surface area contributed by atoms with E-state index in [1.54, 1.807) is 0 Å². The minimum absolute atomic E-state index is 0.0475. The van der Waals surface area contributed by atoms with E-state index in [1.807, 2.05) is 6.08 Å². The lowest BCUT2D eigenvalue weighted by atomic mass is 9.45. The fourth-order valence-corrected chi connectivity index (χ4v) is 8.92. The lowest BCUT2D eigenvalue weighted by Crippen LogP contribution is -2.56. The minimum atomic E-state index is -0.135. The molecule has 1 saturated heterocycles. The van der Waals surface area contributed by atoms with E-state index in [0.29, 0.717) is 18.1 Å². The first-order valence-corrected chi connectivity index (χ1v) is 10.8. The standard InChI is InChI=1S/C23H30O3/c1-21-8-5-14(24)11-13(21)3-4-15-17(21)6-9-22(2)20(15)16-12-18(16)23(22)10-7-19(25)26-23/h11,15-18,20H,3-10,12H2,1-2H3/t15-,16-,17+,18+,20+,21+,22+,23-/m1/s1. The van der Waals surface area contributed by atoms with E-state index in [2.05, 4.69) is 13.8 Å². The van der Waals surface area contributed by atoms with Crippen molar-refractivity contribution in [2.45, 2.75) is 77.2 Å². The van der Waals surface area contributed by atoms with Crippen LogP contribution in [0.2, 0.25) is 0 Å². The van der Waals surface area contributed by atoms with E-state index in [-0.39, 0.29) is 22.4 Å². The average molecular weight is 354 g/mol. The quantitative estimate of drug-likeness (QED) is 0.604. The molecule has 5 fully saturated rings. The maximum atomic E-state index is 12.1. The van der Waals surface area contributed by atoms with Crippen molar-refractivity contribution < 1.29 is 14.3 Å². The van der Waals surface area contributed by atoms with Crippen LogP contribution in [0.15, 0.2) is 11.6 Å². The van der Waals surface area contributed by atoms with Crippen LogP contribution in [-0.4, -0.2) is 17.4 Å². The monoisotopic (exact) mass is 354 g/mol. The number of esters is 1. The zero-order valence-electron chi connectivity index (χ0n) is 16.1. The molecule has 26 heavy (non-hydrogen) atoms. The topological polar surface area (TPSA) is 43.4 Å². The Balaban J connectivity index is 1.40. The first-order valence-electron chi connectivity index (χ1n) is 10.8. The number of rotatable bonds is 0. The van der Waals surface area contributed by atoms with Gasteiger partial charge >= 0.3 is 5.97 Å². The van der Waals surface area contributed by atoms with Gasteiger partial charge in [-0.3, -0.25) is 9.59 Å². The number of ether oxygens (including phenoxy) is 1. The van der Waals surface area contributed by atoms with Crippen LogP contribution in [0.25, 0.3) is 0 Å². The molecule has 1 heterocycles. The molecule has 6 aliphatic rings. The van der Waals surface area contributed by atoms with Crippen molar-refractivity contribution >= 4 is 11.8 Å². The first kappa shape index (κ1) is 15.9. The van der Waals surface area contributed by atoms with Crippen LogP contribution in [0.1, 0.15) is 71.6 Å². The molecule has 0 unspecified atom stereocenters. The highest BCUT2D eigenvalue weighted by atomic mass is 16.6. The van der Waals surface area contributed by atoms with E-state index in [1.165, 1.54) is 31.3 Å². The highest BCUT2D eigenvalue weighted by Crippen LogP contribution is 2.79. The van der Waals surface area contributed by atoms with Crippen molar-refractivity contribution in [2.24, 2.45) is 40.4 Å². The normalized spacial score (nSPS) is 57.0. The molecule has 4 saturated carbocycles. The number of ketones is 1. The summed E-state index contributed by atoms with van der Waals surface area (Å²) in [7, 11) is 0. The summed E-state index contributed by atoms with van der Waals surface area (Å²) in [6.07, 6.45) is 11.5. The lowest BCUT2D eigenvalue weighted by Gasteiger charge is -2.60. The molecule has 0 amide bonds. The van der Waals surface area contributed by atoms with Crippen LogP contribution < -0.4 is 0 Å². The Morgan fingerprint density at radius 3 is 2.58 bits per heavy atom. The van der Waals surface area contributed by atoms with Crippen molar-refractivity contribution in [2.75, 3.05) is 0 Å². The van der Waals surface area contributed by atoms with Crippen LogP contribution in [-0.2, 0) is 14.3 Å². The van der Waals surface area contributed by atoms with Crippen LogP contribution in [0.5, 0.6) is 0 Å². The Kier molecular flexibility index (Phi) is 2.84. The van der Waals surface area contributed by atoms with Gasteiger partial charge in [0.15, 0.2) is 5.78 Å². The molecule has 8 atom stereocenters. The number of hydrogen-bond acceptors (Lipinski definition) is 3. The third-order valence-corrected chi connectivity index (χ3v) is 10.1. The third-order valence-electron chi connectivity index (χ3n) is 10.1. The lowest BCUT2D eigenvalue weighted by molar-refractivity contribution is -0.176. The number of hydrogen-bond donors (Lipinski definition) is 0. The van der Waals surface area contributed by atoms with E-state index in [9.17, 15) is 9.59 Å². The van der Waals surface area contributed by atoms with Crippen molar-refractivity contribution in [1.29, 1.82) is 0 Å². The fraction of sp³-hybridized carbons (Fsp3) is 0.826. The molecule has 3 heteroatoms. The Hall–Kier alpha value is -1.12. The summed E-state index contributed by atoms with van der Waals surface area (Å²) in [6, 6.07) is 0. The number of carbonyl (C=O) groups is 2. The Morgan fingerprint density at radius 2 is 1.81 bits per heavy atom. The van der Waals surface area contributed by atoms with Crippen molar-refractivity contribution in [3.8, 4) is 0 Å². The predicted molar refractivity (Wildman–Crippen MR) is 97.1 cm³/mol. The molecule has 0 aromatic heterocycles. The number of allylic oxidation sites excluding steroid dienone is 1. The highest BCUT2D eigenvalue weighted by Gasteiger charge is 2.78. The second-order valence-corrected chi connectivity index (χ2v) is 10.7. The van der Waals surface area contributed by atoms with Crippen LogP contribution in [0.4, 0.5) is 0 Å². The molecule has 0 radical (unpaired) electrons.